The maximum atomic E-state index is 13.8. The molecule has 1 aliphatic rings. The number of H-pyrrole nitrogens is 1. The molecule has 4 N–H and O–H groups in total. The van der Waals surface area contributed by atoms with Crippen LogP contribution in [0.1, 0.15) is 56.6 Å². The van der Waals surface area contributed by atoms with Crippen LogP contribution >= 0.6 is 0 Å². The largest absolute Gasteiger partial charge is 0.493 e. The van der Waals surface area contributed by atoms with Crippen molar-refractivity contribution in [1.82, 2.24) is 20.6 Å². The summed E-state index contributed by atoms with van der Waals surface area (Å²) in [5.74, 6) is 1.79. The number of hydrogen-bond donors (Lipinski definition) is 4. The van der Waals surface area contributed by atoms with E-state index in [-0.39, 0.29) is 28.8 Å². The topological polar surface area (TPSA) is 144 Å². The van der Waals surface area contributed by atoms with Gasteiger partial charge >= 0.3 is 0 Å². The van der Waals surface area contributed by atoms with Crippen molar-refractivity contribution in [3.8, 4) is 28.4 Å². The van der Waals surface area contributed by atoms with Crippen molar-refractivity contribution in [2.45, 2.75) is 58.5 Å². The molecule has 4 aromatic rings. The lowest BCUT2D eigenvalue weighted by Gasteiger charge is -2.22. The number of fused-ring (bicyclic) bond motifs is 4. The number of carbonyl (C=O) groups excluding carboxylic acids is 2. The molecule has 0 unspecified atom stereocenters. The molecule has 0 spiro atoms. The molecule has 0 bridgehead atoms. The minimum Gasteiger partial charge on any atom is -0.493 e. The van der Waals surface area contributed by atoms with Crippen molar-refractivity contribution < 1.29 is 23.8 Å². The smallest absolute Gasteiger partial charge is 0.242 e. The maximum absolute atomic E-state index is 13.8. The summed E-state index contributed by atoms with van der Waals surface area (Å²) < 4.78 is 17.2. The van der Waals surface area contributed by atoms with Crippen LogP contribution in [0.3, 0.4) is 0 Å². The van der Waals surface area contributed by atoms with Crippen LogP contribution in [-0.4, -0.2) is 55.7 Å². The van der Waals surface area contributed by atoms with E-state index in [1.165, 1.54) is 6.92 Å². The van der Waals surface area contributed by atoms with Gasteiger partial charge in [-0.05, 0) is 72.2 Å². The molecule has 1 aliphatic carbocycles. The minimum atomic E-state index is -0.659. The van der Waals surface area contributed by atoms with Crippen molar-refractivity contribution in [3.63, 3.8) is 0 Å². The Morgan fingerprint density at radius 2 is 1.79 bits per heavy atom. The predicted octanol–water partition coefficient (Wildman–Crippen LogP) is 4.92. The summed E-state index contributed by atoms with van der Waals surface area (Å²) in [6.45, 7) is 5.78. The van der Waals surface area contributed by atoms with Crippen LogP contribution in [0.4, 0.5) is 5.69 Å². The highest BCUT2D eigenvalue weighted by Gasteiger charge is 2.30. The first-order valence-corrected chi connectivity index (χ1v) is 15.9. The molecule has 0 radical (unpaired) electrons. The van der Waals surface area contributed by atoms with E-state index in [1.54, 1.807) is 33.5 Å². The highest BCUT2D eigenvalue weighted by molar-refractivity contribution is 5.86. The van der Waals surface area contributed by atoms with Crippen molar-refractivity contribution in [2.75, 3.05) is 33.2 Å². The van der Waals surface area contributed by atoms with Gasteiger partial charge in [-0.1, -0.05) is 32.0 Å². The second-order valence-corrected chi connectivity index (χ2v) is 12.1. The molecule has 1 heterocycles. The normalized spacial score (nSPS) is 14.4. The molecule has 2 amide bonds. The third-order valence-electron chi connectivity index (χ3n) is 8.50. The Balaban J connectivity index is 1.43. The van der Waals surface area contributed by atoms with Crippen molar-refractivity contribution >= 4 is 28.5 Å². The molecule has 0 saturated carbocycles. The van der Waals surface area contributed by atoms with Crippen molar-refractivity contribution in [2.24, 2.45) is 5.92 Å². The number of anilines is 1. The average molecular weight is 642 g/mol. The van der Waals surface area contributed by atoms with Gasteiger partial charge in [0, 0.05) is 25.5 Å². The zero-order chi connectivity index (χ0) is 33.7. The maximum Gasteiger partial charge on any atom is 0.242 e. The summed E-state index contributed by atoms with van der Waals surface area (Å²) >= 11 is 0. The Morgan fingerprint density at radius 1 is 1.02 bits per heavy atom. The number of aromatic nitrogens is 2. The van der Waals surface area contributed by atoms with E-state index >= 15 is 0 Å². The number of imidazole rings is 1. The summed E-state index contributed by atoms with van der Waals surface area (Å²) in [7, 11) is 4.67. The summed E-state index contributed by atoms with van der Waals surface area (Å²) in [4.78, 5) is 47.4. The zero-order valence-electron chi connectivity index (χ0n) is 27.8. The zero-order valence-corrected chi connectivity index (χ0v) is 27.8. The van der Waals surface area contributed by atoms with E-state index in [0.29, 0.717) is 55.0 Å². The second-order valence-electron chi connectivity index (χ2n) is 12.1. The number of carbonyl (C=O) groups is 2. The molecule has 11 heteroatoms. The quantitative estimate of drug-likeness (QED) is 0.160. The first-order chi connectivity index (χ1) is 22.6. The highest BCUT2D eigenvalue weighted by atomic mass is 16.5. The van der Waals surface area contributed by atoms with Crippen LogP contribution < -0.4 is 35.6 Å². The number of rotatable bonds is 12. The van der Waals surface area contributed by atoms with Gasteiger partial charge in [-0.15, -0.1) is 0 Å². The molecule has 0 saturated heterocycles. The number of nitrogens with one attached hydrogen (secondary N) is 4. The van der Waals surface area contributed by atoms with Crippen LogP contribution in [-0.2, 0) is 22.4 Å². The first-order valence-electron chi connectivity index (χ1n) is 15.9. The van der Waals surface area contributed by atoms with Crippen LogP contribution in [0.15, 0.2) is 53.3 Å². The minimum absolute atomic E-state index is 0.113. The third kappa shape index (κ3) is 7.19. The molecular formula is C36H43N5O6. The van der Waals surface area contributed by atoms with E-state index in [1.807, 2.05) is 50.2 Å². The van der Waals surface area contributed by atoms with Gasteiger partial charge in [0.05, 0.1) is 44.1 Å². The number of hydrogen-bond acceptors (Lipinski definition) is 8. The molecule has 11 nitrogen and oxygen atoms in total. The van der Waals surface area contributed by atoms with Crippen LogP contribution in [0.25, 0.3) is 22.2 Å². The molecular weight excluding hydrogens is 598 g/mol. The molecule has 2 atom stereocenters. The van der Waals surface area contributed by atoms with Crippen molar-refractivity contribution in [3.05, 3.63) is 75.7 Å². The van der Waals surface area contributed by atoms with Gasteiger partial charge in [-0.2, -0.15) is 0 Å². The lowest BCUT2D eigenvalue weighted by atomic mass is 9.95. The Hall–Kier alpha value is -5.06. The van der Waals surface area contributed by atoms with Gasteiger partial charge < -0.3 is 35.1 Å². The molecule has 1 aromatic heterocycles. The van der Waals surface area contributed by atoms with Gasteiger partial charge in [0.25, 0.3) is 0 Å². The summed E-state index contributed by atoms with van der Waals surface area (Å²) in [5.41, 5.74) is 4.95. The van der Waals surface area contributed by atoms with Crippen LogP contribution in [0, 0.1) is 5.92 Å². The van der Waals surface area contributed by atoms with Gasteiger partial charge in [-0.3, -0.25) is 14.4 Å². The Morgan fingerprint density at radius 3 is 2.47 bits per heavy atom. The fourth-order valence-electron chi connectivity index (χ4n) is 6.23. The van der Waals surface area contributed by atoms with E-state index in [9.17, 15) is 14.4 Å². The number of ether oxygens (including phenoxy) is 3. The number of aromatic amines is 1. The van der Waals surface area contributed by atoms with E-state index in [4.69, 9.17) is 14.2 Å². The third-order valence-corrected chi connectivity index (χ3v) is 8.50. The summed E-state index contributed by atoms with van der Waals surface area (Å²) in [5, 5.41) is 9.27. The predicted molar refractivity (Wildman–Crippen MR) is 182 cm³/mol. The Bertz CT molecular complexity index is 1800. The molecule has 3 aromatic carbocycles. The van der Waals surface area contributed by atoms with Gasteiger partial charge in [0.15, 0.2) is 11.5 Å². The Labute approximate surface area is 274 Å². The lowest BCUT2D eigenvalue weighted by molar-refractivity contribution is -0.122. The standard InChI is InChI=1S/C36H43N5O6/c1-20(2)33(36(44)37-17-9-12-31-39-26-10-7-8-11-27(26)40-31)41-28-16-14-23-24(19-29(28)43)25(38-21(3)42)15-13-22-18-30(45-4)34(46-5)35(47-6)32(22)23/h7-8,10-11,14,16,18-20,25,33H,9,12-13,15,17H2,1-6H3,(H,37,44)(H,38,42)(H,39,40)(H,41,43)/t25-,33-/m0/s1. The lowest BCUT2D eigenvalue weighted by Crippen LogP contribution is -2.44. The number of methoxy groups -OCH3 is 3. The fourth-order valence-corrected chi connectivity index (χ4v) is 6.23. The van der Waals surface area contributed by atoms with Crippen LogP contribution in [0.2, 0.25) is 0 Å². The average Bonchev–Trinajstić information content (AvgIpc) is 3.33. The Kier molecular flexibility index (Phi) is 10.3. The van der Waals surface area contributed by atoms with Crippen LogP contribution in [0.5, 0.6) is 17.2 Å². The monoisotopic (exact) mass is 641 g/mol. The van der Waals surface area contributed by atoms with Gasteiger partial charge in [-0.25, -0.2) is 4.98 Å². The van der Waals surface area contributed by atoms with E-state index < -0.39 is 12.1 Å². The molecule has 0 aliphatic heterocycles. The number of amides is 2. The summed E-state index contributed by atoms with van der Waals surface area (Å²) in [6, 6.07) is 13.8. The molecule has 5 rings (SSSR count). The van der Waals surface area contributed by atoms with Gasteiger partial charge in [0.2, 0.25) is 23.0 Å². The SMILES string of the molecule is COc1cc2c(c(OC)c1OC)-c1ccc(N[C@H](C(=O)NCCCc3nc4ccccc4[nH]3)C(C)C)c(=O)cc1[C@@H](NC(C)=O)CC2. The fraction of sp³-hybridized carbons (Fsp3) is 0.389. The molecule has 248 valence electrons. The van der Waals surface area contributed by atoms with Gasteiger partial charge in [0.1, 0.15) is 11.9 Å². The van der Waals surface area contributed by atoms with E-state index in [2.05, 4.69) is 25.9 Å². The first kappa shape index (κ1) is 33.3. The summed E-state index contributed by atoms with van der Waals surface area (Å²) in [6.07, 6.45) is 2.54. The van der Waals surface area contributed by atoms with Crippen molar-refractivity contribution in [1.29, 1.82) is 0 Å². The van der Waals surface area contributed by atoms with E-state index in [0.717, 1.165) is 33.5 Å². The molecule has 0 fully saturated rings. The second kappa shape index (κ2) is 14.6. The molecule has 47 heavy (non-hydrogen) atoms. The number of para-hydroxylation sites is 2. The number of aryl methyl sites for hydroxylation is 2. The number of nitrogens with zero attached hydrogens (tertiary/aromatic N) is 1. The highest BCUT2D eigenvalue weighted by Crippen LogP contribution is 2.50. The number of benzene rings is 2.